The highest BCUT2D eigenvalue weighted by Crippen LogP contribution is 2.39. The molecule has 1 aliphatic heterocycles. The van der Waals surface area contributed by atoms with E-state index >= 15 is 0 Å². The van der Waals surface area contributed by atoms with Gasteiger partial charge in [-0.2, -0.15) is 0 Å². The van der Waals surface area contributed by atoms with Gasteiger partial charge < -0.3 is 14.8 Å². The second kappa shape index (κ2) is 8.01. The van der Waals surface area contributed by atoms with Crippen LogP contribution in [0.1, 0.15) is 28.5 Å². The van der Waals surface area contributed by atoms with E-state index < -0.39 is 0 Å². The van der Waals surface area contributed by atoms with Crippen LogP contribution in [0.15, 0.2) is 29.6 Å². The fourth-order valence-corrected chi connectivity index (χ4v) is 4.35. The maximum absolute atomic E-state index is 5.68. The van der Waals surface area contributed by atoms with Gasteiger partial charge in [0, 0.05) is 30.1 Å². The normalized spacial score (nSPS) is 17.3. The number of hydrogen-bond donors (Lipinski definition) is 1. The molecule has 1 aromatic heterocycles. The summed E-state index contributed by atoms with van der Waals surface area (Å²) in [6.45, 7) is 6.37. The molecule has 1 aromatic carbocycles. The first-order valence-electron chi connectivity index (χ1n) is 8.44. The molecule has 0 saturated carbocycles. The predicted octanol–water partition coefficient (Wildman–Crippen LogP) is 3.46. The van der Waals surface area contributed by atoms with Crippen molar-refractivity contribution < 1.29 is 9.47 Å². The molecule has 1 fully saturated rings. The lowest BCUT2D eigenvalue weighted by atomic mass is 10.0. The lowest BCUT2D eigenvalue weighted by molar-refractivity contribution is 0.238. The molecule has 0 spiro atoms. The summed E-state index contributed by atoms with van der Waals surface area (Å²) in [4.78, 5) is 3.92. The Hall–Kier alpha value is -1.56. The Kier molecular flexibility index (Phi) is 5.76. The van der Waals surface area contributed by atoms with Crippen LogP contribution in [0.5, 0.6) is 11.5 Å². The monoisotopic (exact) mass is 346 g/mol. The Morgan fingerprint density at radius 2 is 2.00 bits per heavy atom. The first kappa shape index (κ1) is 17.3. The van der Waals surface area contributed by atoms with Crippen LogP contribution in [0.2, 0.25) is 0 Å². The Bertz CT molecular complexity index is 663. The lowest BCUT2D eigenvalue weighted by Crippen LogP contribution is -2.32. The fourth-order valence-electron chi connectivity index (χ4n) is 3.30. The van der Waals surface area contributed by atoms with Crippen molar-refractivity contribution >= 4 is 11.3 Å². The first-order chi connectivity index (χ1) is 11.7. The molecule has 0 amide bonds. The van der Waals surface area contributed by atoms with Gasteiger partial charge in [0.1, 0.15) is 11.5 Å². The summed E-state index contributed by atoms with van der Waals surface area (Å²) in [5.74, 6) is 1.79. The molecule has 1 unspecified atom stereocenters. The van der Waals surface area contributed by atoms with Crippen molar-refractivity contribution in [1.82, 2.24) is 10.2 Å². The molecule has 130 valence electrons. The molecular formula is C19H26N2O2S. The third-order valence-corrected chi connectivity index (χ3v) is 5.59. The number of hydrogen-bond acceptors (Lipinski definition) is 5. The van der Waals surface area contributed by atoms with Gasteiger partial charge in [0.15, 0.2) is 0 Å². The van der Waals surface area contributed by atoms with Crippen LogP contribution < -0.4 is 14.8 Å². The molecule has 3 rings (SSSR count). The summed E-state index contributed by atoms with van der Waals surface area (Å²) in [6.07, 6.45) is 1.16. The maximum atomic E-state index is 5.68. The summed E-state index contributed by atoms with van der Waals surface area (Å²) in [5.41, 5.74) is 2.50. The standard InChI is InChI=1S/C19H26N2O2S/c1-14-11-18(24-13-14)19(21-9-4-7-20-8-10-21)16-12-15(22-2)5-6-17(16)23-3/h5-6,11-13,19-20H,4,7-10H2,1-3H3. The largest absolute Gasteiger partial charge is 0.497 e. The molecule has 0 radical (unpaired) electrons. The van der Waals surface area contributed by atoms with E-state index in [0.29, 0.717) is 0 Å². The van der Waals surface area contributed by atoms with Gasteiger partial charge in [0.2, 0.25) is 0 Å². The smallest absolute Gasteiger partial charge is 0.124 e. The second-order valence-corrected chi connectivity index (χ2v) is 7.12. The Balaban J connectivity index is 2.06. The Morgan fingerprint density at radius 1 is 1.12 bits per heavy atom. The average Bonchev–Trinajstić information content (AvgIpc) is 2.86. The zero-order valence-corrected chi connectivity index (χ0v) is 15.5. The quantitative estimate of drug-likeness (QED) is 0.899. The second-order valence-electron chi connectivity index (χ2n) is 6.18. The van der Waals surface area contributed by atoms with E-state index in [1.54, 1.807) is 14.2 Å². The van der Waals surface area contributed by atoms with Crippen LogP contribution in [0.3, 0.4) is 0 Å². The summed E-state index contributed by atoms with van der Waals surface area (Å²) in [5, 5.41) is 5.72. The molecule has 1 atom stereocenters. The van der Waals surface area contributed by atoms with E-state index in [1.807, 2.05) is 23.5 Å². The predicted molar refractivity (Wildman–Crippen MR) is 99.5 cm³/mol. The topological polar surface area (TPSA) is 33.7 Å². The van der Waals surface area contributed by atoms with Crippen molar-refractivity contribution in [2.45, 2.75) is 19.4 Å². The van der Waals surface area contributed by atoms with Gasteiger partial charge in [0.05, 0.1) is 20.3 Å². The number of ether oxygens (including phenoxy) is 2. The third kappa shape index (κ3) is 3.74. The minimum absolute atomic E-state index is 0.202. The fraction of sp³-hybridized carbons (Fsp3) is 0.474. The minimum Gasteiger partial charge on any atom is -0.497 e. The SMILES string of the molecule is COc1ccc(OC)c(C(c2cc(C)cs2)N2CCCNCC2)c1. The summed E-state index contributed by atoms with van der Waals surface area (Å²) in [7, 11) is 3.46. The van der Waals surface area contributed by atoms with Crippen molar-refractivity contribution in [3.8, 4) is 11.5 Å². The molecule has 0 aliphatic carbocycles. The van der Waals surface area contributed by atoms with Crippen LogP contribution in [0.4, 0.5) is 0 Å². The van der Waals surface area contributed by atoms with Crippen LogP contribution in [0, 0.1) is 6.92 Å². The molecule has 1 N–H and O–H groups in total. The number of thiophene rings is 1. The van der Waals surface area contributed by atoms with Crippen molar-refractivity contribution in [2.75, 3.05) is 40.4 Å². The van der Waals surface area contributed by atoms with Crippen molar-refractivity contribution in [2.24, 2.45) is 0 Å². The van der Waals surface area contributed by atoms with E-state index in [2.05, 4.69) is 34.7 Å². The van der Waals surface area contributed by atoms with Crippen molar-refractivity contribution in [3.05, 3.63) is 45.6 Å². The number of benzene rings is 1. The van der Waals surface area contributed by atoms with Gasteiger partial charge in [-0.25, -0.2) is 0 Å². The Labute approximate surface area is 148 Å². The van der Waals surface area contributed by atoms with Gasteiger partial charge in [0.25, 0.3) is 0 Å². The average molecular weight is 346 g/mol. The molecule has 5 heteroatoms. The highest BCUT2D eigenvalue weighted by atomic mass is 32.1. The van der Waals surface area contributed by atoms with Gasteiger partial charge in [-0.15, -0.1) is 11.3 Å². The summed E-state index contributed by atoms with van der Waals surface area (Å²) >= 11 is 1.83. The molecule has 0 bridgehead atoms. The first-order valence-corrected chi connectivity index (χ1v) is 9.32. The summed E-state index contributed by atoms with van der Waals surface area (Å²) in [6, 6.07) is 8.60. The van der Waals surface area contributed by atoms with Crippen LogP contribution in [-0.2, 0) is 0 Å². The molecule has 2 aromatic rings. The number of nitrogens with one attached hydrogen (secondary N) is 1. The van der Waals surface area contributed by atoms with E-state index in [4.69, 9.17) is 9.47 Å². The lowest BCUT2D eigenvalue weighted by Gasteiger charge is -2.31. The van der Waals surface area contributed by atoms with Crippen LogP contribution >= 0.6 is 11.3 Å². The number of aryl methyl sites for hydroxylation is 1. The van der Waals surface area contributed by atoms with E-state index in [0.717, 1.165) is 44.1 Å². The highest BCUT2D eigenvalue weighted by molar-refractivity contribution is 7.10. The zero-order valence-electron chi connectivity index (χ0n) is 14.7. The number of rotatable bonds is 5. The van der Waals surface area contributed by atoms with E-state index in [9.17, 15) is 0 Å². The molecule has 1 aliphatic rings. The zero-order chi connectivity index (χ0) is 16.9. The van der Waals surface area contributed by atoms with Gasteiger partial charge >= 0.3 is 0 Å². The molecule has 4 nitrogen and oxygen atoms in total. The molecule has 24 heavy (non-hydrogen) atoms. The van der Waals surface area contributed by atoms with Crippen molar-refractivity contribution in [1.29, 1.82) is 0 Å². The van der Waals surface area contributed by atoms with Gasteiger partial charge in [-0.1, -0.05) is 0 Å². The molecule has 2 heterocycles. The minimum atomic E-state index is 0.202. The maximum Gasteiger partial charge on any atom is 0.124 e. The summed E-state index contributed by atoms with van der Waals surface area (Å²) < 4.78 is 11.2. The van der Waals surface area contributed by atoms with Crippen LogP contribution in [0.25, 0.3) is 0 Å². The Morgan fingerprint density at radius 3 is 2.71 bits per heavy atom. The van der Waals surface area contributed by atoms with Crippen molar-refractivity contribution in [3.63, 3.8) is 0 Å². The van der Waals surface area contributed by atoms with E-state index in [-0.39, 0.29) is 6.04 Å². The number of methoxy groups -OCH3 is 2. The molecular weight excluding hydrogens is 320 g/mol. The van der Waals surface area contributed by atoms with Crippen LogP contribution in [-0.4, -0.2) is 45.3 Å². The van der Waals surface area contributed by atoms with Gasteiger partial charge in [-0.05, 0) is 55.1 Å². The molecule has 1 saturated heterocycles. The highest BCUT2D eigenvalue weighted by Gasteiger charge is 2.27. The number of nitrogens with zero attached hydrogens (tertiary/aromatic N) is 1. The van der Waals surface area contributed by atoms with E-state index in [1.165, 1.54) is 16.0 Å². The van der Waals surface area contributed by atoms with Gasteiger partial charge in [-0.3, -0.25) is 4.90 Å². The third-order valence-electron chi connectivity index (χ3n) is 4.49.